The van der Waals surface area contributed by atoms with Crippen LogP contribution in [0.4, 0.5) is 0 Å². The quantitative estimate of drug-likeness (QED) is 0.681. The van der Waals surface area contributed by atoms with Gasteiger partial charge in [-0.25, -0.2) is 0 Å². The largest absolute Gasteiger partial charge is 0.462 e. The van der Waals surface area contributed by atoms with Crippen molar-refractivity contribution in [2.24, 2.45) is 5.92 Å². The monoisotopic (exact) mass is 197 g/mol. The van der Waals surface area contributed by atoms with Crippen LogP contribution in [0, 0.1) is 5.92 Å². The summed E-state index contributed by atoms with van der Waals surface area (Å²) in [4.78, 5) is 11.7. The van der Waals surface area contributed by atoms with Gasteiger partial charge in [0, 0.05) is 0 Å². The highest BCUT2D eigenvalue weighted by Gasteiger charge is 2.26. The molecule has 1 aliphatic carbocycles. The molecule has 1 aliphatic heterocycles. The van der Waals surface area contributed by atoms with Gasteiger partial charge in [0.2, 0.25) is 0 Å². The number of piperidine rings is 1. The Labute approximate surface area is 85.2 Å². The van der Waals surface area contributed by atoms with E-state index in [0.717, 1.165) is 38.8 Å². The summed E-state index contributed by atoms with van der Waals surface area (Å²) < 4.78 is 5.50. The fourth-order valence-corrected chi connectivity index (χ4v) is 2.34. The second-order valence-corrected chi connectivity index (χ2v) is 4.37. The maximum atomic E-state index is 11.7. The molecule has 2 rings (SSSR count). The molecule has 0 aromatic rings. The second-order valence-electron chi connectivity index (χ2n) is 4.37. The molecule has 1 N–H and O–H groups in total. The van der Waals surface area contributed by atoms with E-state index in [1.54, 1.807) is 0 Å². The van der Waals surface area contributed by atoms with E-state index in [0.29, 0.717) is 0 Å². The second kappa shape index (κ2) is 4.78. The lowest BCUT2D eigenvalue weighted by molar-refractivity contribution is -0.155. The van der Waals surface area contributed by atoms with E-state index in [9.17, 15) is 4.79 Å². The number of hydrogen-bond donors (Lipinski definition) is 1. The minimum absolute atomic E-state index is 0.0643. The molecule has 0 bridgehead atoms. The summed E-state index contributed by atoms with van der Waals surface area (Å²) in [6.07, 6.45) is 6.65. The van der Waals surface area contributed by atoms with E-state index in [1.807, 2.05) is 0 Å². The summed E-state index contributed by atoms with van der Waals surface area (Å²) in [5.74, 6) is 0.277. The first-order valence-corrected chi connectivity index (χ1v) is 5.77. The van der Waals surface area contributed by atoms with Crippen LogP contribution in [-0.2, 0) is 9.53 Å². The zero-order valence-electron chi connectivity index (χ0n) is 8.63. The summed E-state index contributed by atoms with van der Waals surface area (Å²) >= 11 is 0. The van der Waals surface area contributed by atoms with E-state index >= 15 is 0 Å². The van der Waals surface area contributed by atoms with Crippen molar-refractivity contribution >= 4 is 5.97 Å². The number of ether oxygens (including phenoxy) is 1. The lowest BCUT2D eigenvalue weighted by Gasteiger charge is -2.24. The molecule has 80 valence electrons. The Hall–Kier alpha value is -0.570. The predicted octanol–water partition coefficient (Wildman–Crippen LogP) is 1.47. The van der Waals surface area contributed by atoms with E-state index in [-0.39, 0.29) is 18.0 Å². The van der Waals surface area contributed by atoms with Crippen molar-refractivity contribution in [3.05, 3.63) is 0 Å². The van der Waals surface area contributed by atoms with Gasteiger partial charge in [-0.15, -0.1) is 0 Å². The number of carbonyl (C=O) groups is 1. The molecule has 2 fully saturated rings. The average molecular weight is 197 g/mol. The Bertz CT molecular complexity index is 193. The van der Waals surface area contributed by atoms with Crippen LogP contribution in [0.15, 0.2) is 0 Å². The van der Waals surface area contributed by atoms with Gasteiger partial charge in [0.1, 0.15) is 6.10 Å². The molecule has 0 aromatic heterocycles. The van der Waals surface area contributed by atoms with Crippen LogP contribution in [-0.4, -0.2) is 25.2 Å². The van der Waals surface area contributed by atoms with Crippen molar-refractivity contribution < 1.29 is 9.53 Å². The maximum absolute atomic E-state index is 11.7. The number of hydrogen-bond acceptors (Lipinski definition) is 3. The van der Waals surface area contributed by atoms with Crippen LogP contribution in [0.25, 0.3) is 0 Å². The molecule has 14 heavy (non-hydrogen) atoms. The molecule has 0 radical (unpaired) electrons. The zero-order chi connectivity index (χ0) is 9.80. The fourth-order valence-electron chi connectivity index (χ4n) is 2.34. The van der Waals surface area contributed by atoms with Gasteiger partial charge >= 0.3 is 5.97 Å². The summed E-state index contributed by atoms with van der Waals surface area (Å²) in [7, 11) is 0. The fraction of sp³-hybridized carbons (Fsp3) is 0.909. The van der Waals surface area contributed by atoms with Gasteiger partial charge < -0.3 is 10.1 Å². The highest BCUT2D eigenvalue weighted by atomic mass is 16.5. The molecule has 3 nitrogen and oxygen atoms in total. The zero-order valence-corrected chi connectivity index (χ0v) is 8.63. The van der Waals surface area contributed by atoms with Crippen molar-refractivity contribution in [2.45, 2.75) is 44.6 Å². The summed E-state index contributed by atoms with van der Waals surface area (Å²) in [5.41, 5.74) is 0. The van der Waals surface area contributed by atoms with E-state index in [2.05, 4.69) is 5.32 Å². The normalized spacial score (nSPS) is 25.1. The maximum Gasteiger partial charge on any atom is 0.309 e. The predicted molar refractivity (Wildman–Crippen MR) is 53.9 cm³/mol. The van der Waals surface area contributed by atoms with Gasteiger partial charge in [0.25, 0.3) is 0 Å². The van der Waals surface area contributed by atoms with Crippen molar-refractivity contribution in [2.75, 3.05) is 13.1 Å². The average Bonchev–Trinajstić information content (AvgIpc) is 2.72. The molecule has 0 atom stereocenters. The smallest absolute Gasteiger partial charge is 0.309 e. The Balaban J connectivity index is 1.75. The number of esters is 1. The third kappa shape index (κ3) is 2.47. The molecular weight excluding hydrogens is 178 g/mol. The van der Waals surface area contributed by atoms with Crippen LogP contribution in [0.5, 0.6) is 0 Å². The Morgan fingerprint density at radius 2 is 1.71 bits per heavy atom. The molecule has 0 amide bonds. The Kier molecular flexibility index (Phi) is 3.40. The molecule has 1 saturated carbocycles. The number of rotatable bonds is 2. The van der Waals surface area contributed by atoms with Crippen LogP contribution < -0.4 is 5.32 Å². The van der Waals surface area contributed by atoms with Gasteiger partial charge in [-0.2, -0.15) is 0 Å². The summed E-state index contributed by atoms with van der Waals surface area (Å²) in [6, 6.07) is 0. The van der Waals surface area contributed by atoms with Crippen LogP contribution in [0.2, 0.25) is 0 Å². The first-order valence-electron chi connectivity index (χ1n) is 5.77. The lowest BCUT2D eigenvalue weighted by atomic mass is 10.1. The minimum atomic E-state index is 0.0643. The molecule has 1 heterocycles. The van der Waals surface area contributed by atoms with E-state index < -0.39 is 0 Å². The highest BCUT2D eigenvalue weighted by molar-refractivity contribution is 5.72. The highest BCUT2D eigenvalue weighted by Crippen LogP contribution is 2.26. The van der Waals surface area contributed by atoms with Gasteiger partial charge in [-0.1, -0.05) is 12.8 Å². The molecule has 0 unspecified atom stereocenters. The van der Waals surface area contributed by atoms with Crippen LogP contribution in [0.3, 0.4) is 0 Å². The molecule has 2 aliphatic rings. The van der Waals surface area contributed by atoms with Gasteiger partial charge in [-0.05, 0) is 38.8 Å². The van der Waals surface area contributed by atoms with Gasteiger partial charge in [0.15, 0.2) is 0 Å². The Morgan fingerprint density at radius 3 is 2.36 bits per heavy atom. The SMILES string of the molecule is O=C(OC1CCNCC1)C1CCCC1. The van der Waals surface area contributed by atoms with Crippen molar-refractivity contribution in [3.63, 3.8) is 0 Å². The minimum Gasteiger partial charge on any atom is -0.462 e. The molecule has 0 spiro atoms. The first-order chi connectivity index (χ1) is 6.86. The van der Waals surface area contributed by atoms with Crippen LogP contribution >= 0.6 is 0 Å². The van der Waals surface area contributed by atoms with E-state index in [4.69, 9.17) is 4.74 Å². The van der Waals surface area contributed by atoms with Gasteiger partial charge in [0.05, 0.1) is 5.92 Å². The van der Waals surface area contributed by atoms with Crippen molar-refractivity contribution in [3.8, 4) is 0 Å². The van der Waals surface area contributed by atoms with Gasteiger partial charge in [-0.3, -0.25) is 4.79 Å². The third-order valence-electron chi connectivity index (χ3n) is 3.26. The Morgan fingerprint density at radius 1 is 1.07 bits per heavy atom. The summed E-state index contributed by atoms with van der Waals surface area (Å²) in [6.45, 7) is 1.98. The van der Waals surface area contributed by atoms with Crippen LogP contribution in [0.1, 0.15) is 38.5 Å². The molecule has 1 saturated heterocycles. The standard InChI is InChI=1S/C11H19NO2/c13-11(9-3-1-2-4-9)14-10-5-7-12-8-6-10/h9-10,12H,1-8H2. The first kappa shape index (κ1) is 9.97. The molecular formula is C11H19NO2. The van der Waals surface area contributed by atoms with Crippen molar-refractivity contribution in [1.82, 2.24) is 5.32 Å². The number of carbonyl (C=O) groups excluding carboxylic acids is 1. The third-order valence-corrected chi connectivity index (χ3v) is 3.26. The topological polar surface area (TPSA) is 38.3 Å². The number of nitrogens with one attached hydrogen (secondary N) is 1. The molecule has 3 heteroatoms. The van der Waals surface area contributed by atoms with Crippen molar-refractivity contribution in [1.29, 1.82) is 0 Å². The summed E-state index contributed by atoms with van der Waals surface area (Å²) in [5, 5.41) is 3.27. The van der Waals surface area contributed by atoms with E-state index in [1.165, 1.54) is 12.8 Å². The lowest BCUT2D eigenvalue weighted by Crippen LogP contribution is -2.34. The molecule has 0 aromatic carbocycles.